The Morgan fingerprint density at radius 3 is 2.39 bits per heavy atom. The molecule has 1 N–H and O–H groups in total. The van der Waals surface area contributed by atoms with Crippen LogP contribution < -0.4 is 10.2 Å². The van der Waals surface area contributed by atoms with Gasteiger partial charge >= 0.3 is 0 Å². The van der Waals surface area contributed by atoms with Gasteiger partial charge in [0.05, 0.1) is 5.75 Å². The summed E-state index contributed by atoms with van der Waals surface area (Å²) in [6, 6.07) is 13.3. The summed E-state index contributed by atoms with van der Waals surface area (Å²) >= 11 is 0. The van der Waals surface area contributed by atoms with E-state index in [1.807, 2.05) is 17.9 Å². The quantitative estimate of drug-likeness (QED) is 0.798. The van der Waals surface area contributed by atoms with Crippen LogP contribution >= 0.6 is 0 Å². The maximum Gasteiger partial charge on any atom is 0.251 e. The molecular weight excluding hydrogens is 381 g/mol. The first kappa shape index (κ1) is 20.3. The van der Waals surface area contributed by atoms with Crippen LogP contribution in [-0.2, 0) is 10.0 Å². The van der Waals surface area contributed by atoms with Crippen LogP contribution in [-0.4, -0.2) is 57.1 Å². The summed E-state index contributed by atoms with van der Waals surface area (Å²) in [7, 11) is -3.45. The second kappa shape index (κ2) is 8.70. The molecule has 0 saturated carbocycles. The number of sulfonamides is 1. The van der Waals surface area contributed by atoms with Crippen LogP contribution in [0.5, 0.6) is 0 Å². The third kappa shape index (κ3) is 5.08. The molecule has 1 aliphatic heterocycles. The van der Waals surface area contributed by atoms with Crippen LogP contribution in [0.4, 0.5) is 10.1 Å². The van der Waals surface area contributed by atoms with Crippen LogP contribution in [0.25, 0.3) is 0 Å². The van der Waals surface area contributed by atoms with E-state index in [0.29, 0.717) is 31.7 Å². The zero-order chi connectivity index (χ0) is 20.1. The van der Waals surface area contributed by atoms with Crippen molar-refractivity contribution in [3.8, 4) is 0 Å². The van der Waals surface area contributed by atoms with E-state index in [9.17, 15) is 17.6 Å². The summed E-state index contributed by atoms with van der Waals surface area (Å²) in [6.07, 6.45) is 0. The molecule has 1 aliphatic rings. The van der Waals surface area contributed by atoms with Crippen molar-refractivity contribution in [3.63, 3.8) is 0 Å². The van der Waals surface area contributed by atoms with Gasteiger partial charge in [0.2, 0.25) is 10.0 Å². The molecule has 0 radical (unpaired) electrons. The van der Waals surface area contributed by atoms with Crippen LogP contribution in [0.1, 0.15) is 15.9 Å². The van der Waals surface area contributed by atoms with Gasteiger partial charge in [0.1, 0.15) is 5.82 Å². The maximum atomic E-state index is 13.0. The fraction of sp³-hybridized carbons (Fsp3) is 0.350. The van der Waals surface area contributed by atoms with E-state index in [1.165, 1.54) is 16.4 Å². The number of anilines is 1. The van der Waals surface area contributed by atoms with Crippen LogP contribution in [0.2, 0.25) is 0 Å². The number of benzene rings is 2. The van der Waals surface area contributed by atoms with Gasteiger partial charge in [-0.05, 0) is 43.3 Å². The monoisotopic (exact) mass is 405 g/mol. The SMILES string of the molecule is Cc1cccc(C(=O)NCCS(=O)(=O)N2CCN(c3ccc(F)cc3)CC2)c1. The zero-order valence-electron chi connectivity index (χ0n) is 15.8. The van der Waals surface area contributed by atoms with Gasteiger partial charge in [-0.3, -0.25) is 4.79 Å². The predicted octanol–water partition coefficient (Wildman–Crippen LogP) is 2.02. The van der Waals surface area contributed by atoms with Crippen molar-refractivity contribution in [2.45, 2.75) is 6.92 Å². The molecule has 1 heterocycles. The normalized spacial score (nSPS) is 15.4. The van der Waals surface area contributed by atoms with E-state index in [1.54, 1.807) is 30.3 Å². The highest BCUT2D eigenvalue weighted by Crippen LogP contribution is 2.18. The molecule has 0 atom stereocenters. The lowest BCUT2D eigenvalue weighted by Crippen LogP contribution is -2.50. The molecule has 0 spiro atoms. The van der Waals surface area contributed by atoms with Crippen molar-refractivity contribution in [1.82, 2.24) is 9.62 Å². The fourth-order valence-electron chi connectivity index (χ4n) is 3.19. The number of carbonyl (C=O) groups is 1. The highest BCUT2D eigenvalue weighted by atomic mass is 32.2. The molecule has 28 heavy (non-hydrogen) atoms. The number of halogens is 1. The summed E-state index contributed by atoms with van der Waals surface area (Å²) in [5, 5.41) is 2.67. The van der Waals surface area contributed by atoms with Gasteiger partial charge in [-0.1, -0.05) is 17.7 Å². The van der Waals surface area contributed by atoms with Gasteiger partial charge in [-0.15, -0.1) is 0 Å². The molecule has 1 saturated heterocycles. The lowest BCUT2D eigenvalue weighted by molar-refractivity contribution is 0.0956. The van der Waals surface area contributed by atoms with E-state index in [4.69, 9.17) is 0 Å². The number of hydrogen-bond donors (Lipinski definition) is 1. The smallest absolute Gasteiger partial charge is 0.251 e. The third-order valence-electron chi connectivity index (χ3n) is 4.75. The maximum absolute atomic E-state index is 13.0. The Morgan fingerprint density at radius 2 is 1.75 bits per heavy atom. The van der Waals surface area contributed by atoms with Crippen LogP contribution in [0.15, 0.2) is 48.5 Å². The zero-order valence-corrected chi connectivity index (χ0v) is 16.6. The van der Waals surface area contributed by atoms with E-state index >= 15 is 0 Å². The third-order valence-corrected chi connectivity index (χ3v) is 6.62. The van der Waals surface area contributed by atoms with Crippen LogP contribution in [0.3, 0.4) is 0 Å². The molecule has 0 aromatic heterocycles. The van der Waals surface area contributed by atoms with Gasteiger partial charge in [-0.2, -0.15) is 4.31 Å². The summed E-state index contributed by atoms with van der Waals surface area (Å²) in [6.45, 7) is 3.78. The first-order valence-corrected chi connectivity index (χ1v) is 10.8. The molecule has 3 rings (SSSR count). The van der Waals surface area contributed by atoms with E-state index in [0.717, 1.165) is 11.3 Å². The summed E-state index contributed by atoms with van der Waals surface area (Å²) in [4.78, 5) is 14.2. The minimum absolute atomic E-state index is 0.0628. The molecule has 8 heteroatoms. The molecule has 6 nitrogen and oxygen atoms in total. The topological polar surface area (TPSA) is 69.7 Å². The largest absolute Gasteiger partial charge is 0.369 e. The first-order valence-electron chi connectivity index (χ1n) is 9.18. The van der Waals surface area contributed by atoms with Crippen molar-refractivity contribution >= 4 is 21.6 Å². The van der Waals surface area contributed by atoms with E-state index in [-0.39, 0.29) is 24.0 Å². The number of hydrogen-bond acceptors (Lipinski definition) is 4. The Bertz CT molecular complexity index is 924. The molecule has 1 fully saturated rings. The first-order chi connectivity index (χ1) is 13.3. The molecule has 2 aromatic rings. The number of nitrogens with one attached hydrogen (secondary N) is 1. The number of piperazine rings is 1. The molecule has 0 aliphatic carbocycles. The molecule has 0 unspecified atom stereocenters. The lowest BCUT2D eigenvalue weighted by atomic mass is 10.1. The Kier molecular flexibility index (Phi) is 6.31. The van der Waals surface area contributed by atoms with Gasteiger partial charge in [0.25, 0.3) is 5.91 Å². The molecular formula is C20H24FN3O3S. The molecule has 1 amide bonds. The average Bonchev–Trinajstić information content (AvgIpc) is 2.68. The molecule has 150 valence electrons. The summed E-state index contributed by atoms with van der Waals surface area (Å²) in [5.41, 5.74) is 2.37. The predicted molar refractivity (Wildman–Crippen MR) is 107 cm³/mol. The van der Waals surface area contributed by atoms with Gasteiger partial charge in [-0.25, -0.2) is 12.8 Å². The lowest BCUT2D eigenvalue weighted by Gasteiger charge is -2.35. The van der Waals surface area contributed by atoms with Crippen molar-refractivity contribution < 1.29 is 17.6 Å². The number of nitrogens with zero attached hydrogens (tertiary/aromatic N) is 2. The minimum Gasteiger partial charge on any atom is -0.369 e. The molecule has 2 aromatic carbocycles. The second-order valence-electron chi connectivity index (χ2n) is 6.80. The van der Waals surface area contributed by atoms with Crippen LogP contribution in [0, 0.1) is 12.7 Å². The summed E-state index contributed by atoms with van der Waals surface area (Å²) in [5.74, 6) is -0.709. The van der Waals surface area contributed by atoms with E-state index in [2.05, 4.69) is 5.32 Å². The molecule has 0 bridgehead atoms. The van der Waals surface area contributed by atoms with Crippen molar-refractivity contribution in [3.05, 3.63) is 65.5 Å². The van der Waals surface area contributed by atoms with Crippen molar-refractivity contribution in [2.24, 2.45) is 0 Å². The number of amides is 1. The van der Waals surface area contributed by atoms with Gasteiger partial charge in [0, 0.05) is 44.0 Å². The Hall–Kier alpha value is -2.45. The van der Waals surface area contributed by atoms with Crippen molar-refractivity contribution in [2.75, 3.05) is 43.4 Å². The Balaban J connectivity index is 1.49. The number of rotatable bonds is 6. The number of aryl methyl sites for hydroxylation is 1. The van der Waals surface area contributed by atoms with Gasteiger partial charge in [0.15, 0.2) is 0 Å². The van der Waals surface area contributed by atoms with Gasteiger partial charge < -0.3 is 10.2 Å². The Labute approximate surface area is 165 Å². The Morgan fingerprint density at radius 1 is 1.07 bits per heavy atom. The highest BCUT2D eigenvalue weighted by molar-refractivity contribution is 7.89. The number of carbonyl (C=O) groups excluding carboxylic acids is 1. The minimum atomic E-state index is -3.45. The average molecular weight is 405 g/mol. The van der Waals surface area contributed by atoms with Crippen molar-refractivity contribution in [1.29, 1.82) is 0 Å². The second-order valence-corrected chi connectivity index (χ2v) is 8.89. The highest BCUT2D eigenvalue weighted by Gasteiger charge is 2.26. The standard InChI is InChI=1S/C20H24FN3O3S/c1-16-3-2-4-17(15-16)20(25)22-9-14-28(26,27)24-12-10-23(11-13-24)19-7-5-18(21)6-8-19/h2-8,15H,9-14H2,1H3,(H,22,25). The summed E-state index contributed by atoms with van der Waals surface area (Å²) < 4.78 is 39.6. The van der Waals surface area contributed by atoms with E-state index < -0.39 is 10.0 Å². The fourth-order valence-corrected chi connectivity index (χ4v) is 4.53.